The number of nitrogens with zero attached hydrogens (tertiary/aromatic N) is 2. The van der Waals surface area contributed by atoms with Crippen LogP contribution in [-0.2, 0) is 0 Å². The molecule has 2 aromatic carbocycles. The average Bonchev–Trinajstić information content (AvgIpc) is 2.55. The summed E-state index contributed by atoms with van der Waals surface area (Å²) in [6.07, 6.45) is 2.76. The molecule has 0 saturated heterocycles. The van der Waals surface area contributed by atoms with Gasteiger partial charge < -0.3 is 5.11 Å². The highest BCUT2D eigenvalue weighted by Crippen LogP contribution is 2.15. The zero-order valence-electron chi connectivity index (χ0n) is 11.5. The van der Waals surface area contributed by atoms with Gasteiger partial charge in [0.1, 0.15) is 0 Å². The number of carboxylic acid groups (broad SMARTS) is 1. The zero-order valence-corrected chi connectivity index (χ0v) is 11.5. The van der Waals surface area contributed by atoms with Gasteiger partial charge in [0.05, 0.1) is 11.8 Å². The Morgan fingerprint density at radius 1 is 1.00 bits per heavy atom. The molecule has 0 fully saturated rings. The lowest BCUT2D eigenvalue weighted by atomic mass is 10.1. The van der Waals surface area contributed by atoms with Crippen LogP contribution in [-0.4, -0.2) is 22.0 Å². The molecule has 0 aliphatic rings. The lowest BCUT2D eigenvalue weighted by Gasteiger charge is -2.05. The normalized spacial score (nSPS) is 11.1. The van der Waals surface area contributed by atoms with Gasteiger partial charge in [-0.3, -0.25) is 4.79 Å². The van der Waals surface area contributed by atoms with Crippen molar-refractivity contribution in [1.29, 1.82) is 0 Å². The summed E-state index contributed by atoms with van der Waals surface area (Å²) < 4.78 is 1.05. The Morgan fingerprint density at radius 3 is 2.32 bits per heavy atom. The third kappa shape index (κ3) is 2.52. The van der Waals surface area contributed by atoms with Crippen molar-refractivity contribution in [2.24, 2.45) is 5.10 Å². The highest BCUT2D eigenvalue weighted by molar-refractivity contribution is 6.03. The summed E-state index contributed by atoms with van der Waals surface area (Å²) in [4.78, 5) is 23.8. The molecule has 0 unspecified atom stereocenters. The summed E-state index contributed by atoms with van der Waals surface area (Å²) in [5, 5.41) is 14.1. The first kappa shape index (κ1) is 13.8. The van der Waals surface area contributed by atoms with E-state index in [2.05, 4.69) is 5.10 Å². The predicted molar refractivity (Wildman–Crippen MR) is 84.6 cm³/mol. The highest BCUT2D eigenvalue weighted by Gasteiger charge is 2.12. The molecule has 0 atom stereocenters. The molecule has 1 aromatic heterocycles. The van der Waals surface area contributed by atoms with Crippen LogP contribution in [0, 0.1) is 0 Å². The second-order valence-corrected chi connectivity index (χ2v) is 4.70. The first-order chi connectivity index (χ1) is 10.7. The molecule has 108 valence electrons. The van der Waals surface area contributed by atoms with Gasteiger partial charge in [-0.05, 0) is 11.6 Å². The van der Waals surface area contributed by atoms with Gasteiger partial charge in [0.15, 0.2) is 0 Å². The van der Waals surface area contributed by atoms with Crippen LogP contribution in [0.4, 0.5) is 0 Å². The van der Waals surface area contributed by atoms with Gasteiger partial charge in [-0.2, -0.15) is 5.10 Å². The summed E-state index contributed by atoms with van der Waals surface area (Å²) in [7, 11) is 0. The molecule has 22 heavy (non-hydrogen) atoms. The number of hydrogen-bond donors (Lipinski definition) is 1. The minimum Gasteiger partial charge on any atom is -0.478 e. The monoisotopic (exact) mass is 292 g/mol. The van der Waals surface area contributed by atoms with Crippen molar-refractivity contribution in [3.8, 4) is 0 Å². The maximum Gasteiger partial charge on any atom is 0.337 e. The molecule has 0 bridgehead atoms. The van der Waals surface area contributed by atoms with E-state index < -0.39 is 5.97 Å². The number of rotatable bonds is 3. The second-order valence-electron chi connectivity index (χ2n) is 4.70. The van der Waals surface area contributed by atoms with Crippen LogP contribution >= 0.6 is 0 Å². The van der Waals surface area contributed by atoms with E-state index in [9.17, 15) is 14.7 Å². The number of pyridine rings is 1. The van der Waals surface area contributed by atoms with Crippen LogP contribution < -0.4 is 5.56 Å². The van der Waals surface area contributed by atoms with E-state index in [-0.39, 0.29) is 11.1 Å². The number of benzene rings is 2. The van der Waals surface area contributed by atoms with Crippen molar-refractivity contribution in [1.82, 2.24) is 4.68 Å². The van der Waals surface area contributed by atoms with Crippen molar-refractivity contribution >= 4 is 23.0 Å². The Labute approximate surface area is 125 Å². The van der Waals surface area contributed by atoms with Crippen LogP contribution in [0.2, 0.25) is 0 Å². The largest absolute Gasteiger partial charge is 0.478 e. The smallest absolute Gasteiger partial charge is 0.337 e. The molecular formula is C17H12N2O3. The van der Waals surface area contributed by atoms with Crippen molar-refractivity contribution in [2.45, 2.75) is 0 Å². The minimum absolute atomic E-state index is 0.0420. The molecule has 0 saturated carbocycles. The van der Waals surface area contributed by atoms with Gasteiger partial charge in [0.2, 0.25) is 0 Å². The van der Waals surface area contributed by atoms with Gasteiger partial charge in [0, 0.05) is 17.0 Å². The molecule has 5 heteroatoms. The van der Waals surface area contributed by atoms with Crippen molar-refractivity contribution in [2.75, 3.05) is 0 Å². The highest BCUT2D eigenvalue weighted by atomic mass is 16.4. The molecular weight excluding hydrogens is 280 g/mol. The fourth-order valence-corrected chi connectivity index (χ4v) is 2.20. The third-order valence-corrected chi connectivity index (χ3v) is 3.27. The molecule has 0 aliphatic heterocycles. The molecule has 5 nitrogen and oxygen atoms in total. The van der Waals surface area contributed by atoms with Crippen LogP contribution in [0.3, 0.4) is 0 Å². The molecule has 0 radical (unpaired) electrons. The first-order valence-electron chi connectivity index (χ1n) is 6.64. The van der Waals surface area contributed by atoms with Gasteiger partial charge in [0.25, 0.3) is 5.56 Å². The third-order valence-electron chi connectivity index (χ3n) is 3.27. The summed E-state index contributed by atoms with van der Waals surface area (Å²) in [5.74, 6) is -1.10. The van der Waals surface area contributed by atoms with E-state index in [0.29, 0.717) is 10.8 Å². The van der Waals surface area contributed by atoms with Crippen LogP contribution in [0.1, 0.15) is 15.9 Å². The van der Waals surface area contributed by atoms with Crippen molar-refractivity contribution < 1.29 is 9.90 Å². The van der Waals surface area contributed by atoms with Gasteiger partial charge in [-0.1, -0.05) is 48.5 Å². The average molecular weight is 292 g/mol. The number of fused-ring (bicyclic) bond motifs is 1. The Balaban J connectivity index is 2.18. The molecule has 3 aromatic rings. The van der Waals surface area contributed by atoms with E-state index in [1.807, 2.05) is 30.3 Å². The number of aromatic carboxylic acids is 1. The molecule has 1 N–H and O–H groups in total. The SMILES string of the molecule is O=C(O)c1cn(/N=C/c2ccccc2)c(=O)c2ccccc12. The summed E-state index contributed by atoms with van der Waals surface area (Å²) >= 11 is 0. The number of hydrogen-bond acceptors (Lipinski definition) is 3. The second kappa shape index (κ2) is 5.65. The maximum atomic E-state index is 12.4. The zero-order chi connectivity index (χ0) is 15.5. The first-order valence-corrected chi connectivity index (χ1v) is 6.64. The minimum atomic E-state index is -1.10. The molecule has 1 heterocycles. The van der Waals surface area contributed by atoms with Gasteiger partial charge in [-0.15, -0.1) is 0 Å². The fraction of sp³-hybridized carbons (Fsp3) is 0. The van der Waals surface area contributed by atoms with Crippen molar-refractivity contribution in [3.05, 3.63) is 82.3 Å². The summed E-state index contributed by atoms with van der Waals surface area (Å²) in [6, 6.07) is 15.9. The van der Waals surface area contributed by atoms with E-state index in [1.165, 1.54) is 12.4 Å². The van der Waals surface area contributed by atoms with E-state index in [1.54, 1.807) is 24.3 Å². The maximum absolute atomic E-state index is 12.4. The Hall–Kier alpha value is -3.21. The van der Waals surface area contributed by atoms with Crippen molar-refractivity contribution in [3.63, 3.8) is 0 Å². The summed E-state index contributed by atoms with van der Waals surface area (Å²) in [6.45, 7) is 0. The number of carboxylic acids is 1. The topological polar surface area (TPSA) is 71.7 Å². The molecule has 3 rings (SSSR count). The lowest BCUT2D eigenvalue weighted by Crippen LogP contribution is -2.19. The van der Waals surface area contributed by atoms with Crippen LogP contribution in [0.25, 0.3) is 10.8 Å². The molecule has 0 aliphatic carbocycles. The molecule has 0 spiro atoms. The number of aromatic nitrogens is 1. The predicted octanol–water partition coefficient (Wildman–Crippen LogP) is 2.58. The fourth-order valence-electron chi connectivity index (χ4n) is 2.20. The van der Waals surface area contributed by atoms with E-state index in [4.69, 9.17) is 0 Å². The van der Waals surface area contributed by atoms with E-state index >= 15 is 0 Å². The number of carbonyl (C=O) groups is 1. The Bertz CT molecular complexity index is 928. The quantitative estimate of drug-likeness (QED) is 0.754. The summed E-state index contributed by atoms with van der Waals surface area (Å²) in [5.41, 5.74) is 0.507. The van der Waals surface area contributed by atoms with Gasteiger partial charge >= 0.3 is 5.97 Å². The van der Waals surface area contributed by atoms with Crippen LogP contribution in [0.5, 0.6) is 0 Å². The Morgan fingerprint density at radius 2 is 1.64 bits per heavy atom. The van der Waals surface area contributed by atoms with E-state index in [0.717, 1.165) is 10.2 Å². The standard InChI is InChI=1S/C17H12N2O3/c20-16-14-9-5-4-8-13(14)15(17(21)22)11-19(16)18-10-12-6-2-1-3-7-12/h1-11H,(H,21,22)/b18-10+. The Kier molecular flexibility index (Phi) is 3.53. The van der Waals surface area contributed by atoms with Gasteiger partial charge in [-0.25, -0.2) is 9.47 Å². The van der Waals surface area contributed by atoms with Crippen LogP contribution in [0.15, 0.2) is 70.7 Å². The lowest BCUT2D eigenvalue weighted by molar-refractivity contribution is 0.0698. The molecule has 0 amide bonds.